The molecule has 0 heteroatoms. The molecule has 0 radical (unpaired) electrons. The van der Waals surface area contributed by atoms with Crippen LogP contribution in [0.3, 0.4) is 0 Å². The fourth-order valence-electron chi connectivity index (χ4n) is 2.23. The Balaban J connectivity index is 1.47. The molecule has 74 valence electrons. The lowest BCUT2D eigenvalue weighted by Crippen LogP contribution is -1.78. The SMILES string of the molecule is CCC1CC1CC=CCCC1CC1. The standard InChI is InChI=1S/C13H22/c1-2-12-10-13(12)7-5-3-4-6-11-8-9-11/h3,5,11-13H,2,4,6-10H2,1H3. The molecule has 0 heterocycles. The van der Waals surface area contributed by atoms with E-state index in [2.05, 4.69) is 19.1 Å². The summed E-state index contributed by atoms with van der Waals surface area (Å²) in [5, 5.41) is 0. The van der Waals surface area contributed by atoms with E-state index in [4.69, 9.17) is 0 Å². The summed E-state index contributed by atoms with van der Waals surface area (Å²) in [6.07, 6.45) is 14.9. The number of hydrogen-bond acceptors (Lipinski definition) is 0. The summed E-state index contributed by atoms with van der Waals surface area (Å²) in [4.78, 5) is 0. The predicted molar refractivity (Wildman–Crippen MR) is 57.6 cm³/mol. The van der Waals surface area contributed by atoms with Crippen molar-refractivity contribution in [3.05, 3.63) is 12.2 Å². The monoisotopic (exact) mass is 178 g/mol. The average Bonchev–Trinajstić information content (AvgIpc) is 2.99. The van der Waals surface area contributed by atoms with E-state index in [0.717, 1.165) is 17.8 Å². The normalized spacial score (nSPS) is 32.7. The van der Waals surface area contributed by atoms with Crippen molar-refractivity contribution >= 4 is 0 Å². The summed E-state index contributed by atoms with van der Waals surface area (Å²) in [5.74, 6) is 3.24. The van der Waals surface area contributed by atoms with Gasteiger partial charge in [-0.15, -0.1) is 0 Å². The highest BCUT2D eigenvalue weighted by molar-refractivity contribution is 4.93. The minimum absolute atomic E-state index is 1.06. The Bertz CT molecular complexity index is 176. The molecule has 2 aliphatic carbocycles. The van der Waals surface area contributed by atoms with Crippen LogP contribution in [0.4, 0.5) is 0 Å². The lowest BCUT2D eigenvalue weighted by Gasteiger charge is -1.92. The fourth-order valence-corrected chi connectivity index (χ4v) is 2.23. The van der Waals surface area contributed by atoms with Gasteiger partial charge in [-0.05, 0) is 43.4 Å². The zero-order valence-electron chi connectivity index (χ0n) is 8.84. The topological polar surface area (TPSA) is 0 Å². The smallest absolute Gasteiger partial charge is 0.0319 e. The maximum atomic E-state index is 2.43. The quantitative estimate of drug-likeness (QED) is 0.535. The molecule has 13 heavy (non-hydrogen) atoms. The Hall–Kier alpha value is -0.260. The lowest BCUT2D eigenvalue weighted by atomic mass is 10.1. The molecule has 0 aromatic carbocycles. The first-order valence-corrected chi connectivity index (χ1v) is 6.05. The molecule has 0 amide bonds. The Morgan fingerprint density at radius 3 is 2.62 bits per heavy atom. The Morgan fingerprint density at radius 1 is 1.15 bits per heavy atom. The minimum Gasteiger partial charge on any atom is -0.0885 e. The molecule has 0 aliphatic heterocycles. The van der Waals surface area contributed by atoms with Gasteiger partial charge in [-0.25, -0.2) is 0 Å². The van der Waals surface area contributed by atoms with E-state index < -0.39 is 0 Å². The van der Waals surface area contributed by atoms with E-state index in [1.165, 1.54) is 44.9 Å². The van der Waals surface area contributed by atoms with E-state index in [-0.39, 0.29) is 0 Å². The van der Waals surface area contributed by atoms with Gasteiger partial charge in [0, 0.05) is 0 Å². The first-order valence-electron chi connectivity index (χ1n) is 6.05. The highest BCUT2D eigenvalue weighted by Crippen LogP contribution is 2.43. The second-order valence-electron chi connectivity index (χ2n) is 4.89. The van der Waals surface area contributed by atoms with Gasteiger partial charge in [0.1, 0.15) is 0 Å². The third-order valence-electron chi connectivity index (χ3n) is 3.64. The predicted octanol–water partition coefficient (Wildman–Crippen LogP) is 4.17. The molecule has 0 saturated heterocycles. The van der Waals surface area contributed by atoms with Crippen LogP contribution in [0, 0.1) is 17.8 Å². The van der Waals surface area contributed by atoms with Gasteiger partial charge in [0.15, 0.2) is 0 Å². The second kappa shape index (κ2) is 4.30. The Morgan fingerprint density at radius 2 is 2.00 bits per heavy atom. The summed E-state index contributed by atoms with van der Waals surface area (Å²) < 4.78 is 0. The third-order valence-corrected chi connectivity index (χ3v) is 3.64. The third kappa shape index (κ3) is 3.17. The Kier molecular flexibility index (Phi) is 3.08. The molecule has 0 spiro atoms. The summed E-state index contributed by atoms with van der Waals surface area (Å²) >= 11 is 0. The molecule has 2 atom stereocenters. The van der Waals surface area contributed by atoms with Crippen molar-refractivity contribution in [1.29, 1.82) is 0 Å². The van der Waals surface area contributed by atoms with Crippen LogP contribution in [0.15, 0.2) is 12.2 Å². The second-order valence-corrected chi connectivity index (χ2v) is 4.89. The molecule has 2 saturated carbocycles. The molecule has 2 aliphatic rings. The summed E-state index contributed by atoms with van der Waals surface area (Å²) in [5.41, 5.74) is 0. The van der Waals surface area contributed by atoms with Crippen molar-refractivity contribution in [3.8, 4) is 0 Å². The van der Waals surface area contributed by atoms with E-state index in [1.807, 2.05) is 0 Å². The lowest BCUT2D eigenvalue weighted by molar-refractivity contribution is 0.684. The van der Waals surface area contributed by atoms with Crippen LogP contribution in [0.2, 0.25) is 0 Å². The van der Waals surface area contributed by atoms with Gasteiger partial charge in [-0.2, -0.15) is 0 Å². The highest BCUT2D eigenvalue weighted by atomic mass is 14.4. The van der Waals surface area contributed by atoms with Gasteiger partial charge in [-0.1, -0.05) is 38.3 Å². The number of allylic oxidation sites excluding steroid dienone is 2. The largest absolute Gasteiger partial charge is 0.0885 e. The molecular weight excluding hydrogens is 156 g/mol. The average molecular weight is 178 g/mol. The van der Waals surface area contributed by atoms with Crippen LogP contribution in [0.1, 0.15) is 51.9 Å². The van der Waals surface area contributed by atoms with Gasteiger partial charge in [0.25, 0.3) is 0 Å². The van der Waals surface area contributed by atoms with Gasteiger partial charge >= 0.3 is 0 Å². The molecule has 2 fully saturated rings. The molecule has 0 aromatic rings. The van der Waals surface area contributed by atoms with Crippen LogP contribution in [0.5, 0.6) is 0 Å². The zero-order valence-corrected chi connectivity index (χ0v) is 8.84. The van der Waals surface area contributed by atoms with Crippen LogP contribution in [-0.2, 0) is 0 Å². The summed E-state index contributed by atoms with van der Waals surface area (Å²) in [7, 11) is 0. The summed E-state index contributed by atoms with van der Waals surface area (Å²) in [6, 6.07) is 0. The molecule has 2 rings (SSSR count). The van der Waals surface area contributed by atoms with Crippen molar-refractivity contribution in [2.45, 2.75) is 51.9 Å². The van der Waals surface area contributed by atoms with E-state index >= 15 is 0 Å². The fraction of sp³-hybridized carbons (Fsp3) is 0.846. The molecular formula is C13H22. The van der Waals surface area contributed by atoms with Crippen molar-refractivity contribution in [2.75, 3.05) is 0 Å². The van der Waals surface area contributed by atoms with Crippen molar-refractivity contribution < 1.29 is 0 Å². The van der Waals surface area contributed by atoms with Gasteiger partial charge in [0.05, 0.1) is 0 Å². The maximum Gasteiger partial charge on any atom is -0.0319 e. The van der Waals surface area contributed by atoms with E-state index in [9.17, 15) is 0 Å². The van der Waals surface area contributed by atoms with Crippen LogP contribution in [0.25, 0.3) is 0 Å². The van der Waals surface area contributed by atoms with Gasteiger partial charge < -0.3 is 0 Å². The zero-order chi connectivity index (χ0) is 9.10. The molecule has 2 unspecified atom stereocenters. The van der Waals surface area contributed by atoms with Gasteiger partial charge in [-0.3, -0.25) is 0 Å². The first kappa shape index (κ1) is 9.30. The minimum atomic E-state index is 1.06. The van der Waals surface area contributed by atoms with E-state index in [1.54, 1.807) is 0 Å². The van der Waals surface area contributed by atoms with Crippen LogP contribution >= 0.6 is 0 Å². The van der Waals surface area contributed by atoms with Gasteiger partial charge in [0.2, 0.25) is 0 Å². The molecule has 0 nitrogen and oxygen atoms in total. The Labute approximate surface area is 82.4 Å². The first-order chi connectivity index (χ1) is 6.40. The van der Waals surface area contributed by atoms with Crippen molar-refractivity contribution in [2.24, 2.45) is 17.8 Å². The molecule has 0 aromatic heterocycles. The highest BCUT2D eigenvalue weighted by Gasteiger charge is 2.33. The van der Waals surface area contributed by atoms with Crippen LogP contribution < -0.4 is 0 Å². The molecule has 0 bridgehead atoms. The van der Waals surface area contributed by atoms with Crippen molar-refractivity contribution in [3.63, 3.8) is 0 Å². The van der Waals surface area contributed by atoms with Crippen LogP contribution in [-0.4, -0.2) is 0 Å². The molecule has 0 N–H and O–H groups in total. The maximum absolute atomic E-state index is 2.43. The number of hydrogen-bond donors (Lipinski definition) is 0. The summed E-state index contributed by atoms with van der Waals surface area (Å²) in [6.45, 7) is 2.32. The van der Waals surface area contributed by atoms with E-state index in [0.29, 0.717) is 0 Å². The number of rotatable bonds is 6. The van der Waals surface area contributed by atoms with Crippen molar-refractivity contribution in [1.82, 2.24) is 0 Å².